The lowest BCUT2D eigenvalue weighted by molar-refractivity contribution is 1.21. The molecule has 0 unspecified atom stereocenters. The molecule has 2 N–H and O–H groups in total. The van der Waals surface area contributed by atoms with Gasteiger partial charge >= 0.3 is 0 Å². The first-order chi connectivity index (χ1) is 6.20. The number of rotatable bonds is 0. The minimum Gasteiger partial charge on any atom is -0.396 e. The molecule has 0 aliphatic carbocycles. The average molecular weight is 194 g/mol. The number of halogens is 1. The van der Waals surface area contributed by atoms with Gasteiger partial charge in [0, 0.05) is 11.6 Å². The first-order valence-electron chi connectivity index (χ1n) is 3.85. The molecule has 0 aliphatic heterocycles. The van der Waals surface area contributed by atoms with E-state index in [1.807, 2.05) is 13.0 Å². The first kappa shape index (κ1) is 8.26. The molecule has 0 amide bonds. The normalized spacial score (nSPS) is 10.6. The van der Waals surface area contributed by atoms with Gasteiger partial charge in [-0.3, -0.25) is 9.97 Å². The van der Waals surface area contributed by atoms with E-state index in [-0.39, 0.29) is 0 Å². The molecule has 0 radical (unpaired) electrons. The van der Waals surface area contributed by atoms with E-state index < -0.39 is 0 Å². The van der Waals surface area contributed by atoms with E-state index in [1.165, 1.54) is 0 Å². The van der Waals surface area contributed by atoms with Gasteiger partial charge in [-0.05, 0) is 13.0 Å². The summed E-state index contributed by atoms with van der Waals surface area (Å²) in [6, 6.07) is 1.81. The molecule has 4 heteroatoms. The van der Waals surface area contributed by atoms with E-state index >= 15 is 0 Å². The summed E-state index contributed by atoms with van der Waals surface area (Å²) in [7, 11) is 0. The zero-order chi connectivity index (χ0) is 9.42. The molecule has 0 saturated carbocycles. The van der Waals surface area contributed by atoms with Crippen molar-refractivity contribution < 1.29 is 0 Å². The summed E-state index contributed by atoms with van der Waals surface area (Å²) in [5.74, 6) is 0. The zero-order valence-corrected chi connectivity index (χ0v) is 7.84. The SMILES string of the molecule is Cc1nccc2c(Cl)c(N)cnc12. The number of nitrogens with zero attached hydrogens (tertiary/aromatic N) is 2. The van der Waals surface area contributed by atoms with Crippen molar-refractivity contribution in [3.63, 3.8) is 0 Å². The van der Waals surface area contributed by atoms with E-state index in [1.54, 1.807) is 12.4 Å². The molecule has 0 aliphatic rings. The van der Waals surface area contributed by atoms with Crippen molar-refractivity contribution in [2.45, 2.75) is 6.92 Å². The van der Waals surface area contributed by atoms with Crippen molar-refractivity contribution in [3.8, 4) is 0 Å². The molecular formula is C9H8ClN3. The second-order valence-electron chi connectivity index (χ2n) is 2.82. The highest BCUT2D eigenvalue weighted by molar-refractivity contribution is 6.37. The van der Waals surface area contributed by atoms with Crippen LogP contribution in [0.5, 0.6) is 0 Å². The first-order valence-corrected chi connectivity index (χ1v) is 4.23. The van der Waals surface area contributed by atoms with Gasteiger partial charge in [-0.25, -0.2) is 0 Å². The second kappa shape index (κ2) is 2.85. The smallest absolute Gasteiger partial charge is 0.0930 e. The van der Waals surface area contributed by atoms with Crippen molar-refractivity contribution in [1.82, 2.24) is 9.97 Å². The molecule has 0 bridgehead atoms. The predicted octanol–water partition coefficient (Wildman–Crippen LogP) is 2.17. The largest absolute Gasteiger partial charge is 0.396 e. The third-order valence-electron chi connectivity index (χ3n) is 1.93. The number of anilines is 1. The van der Waals surface area contributed by atoms with E-state index in [0.29, 0.717) is 10.7 Å². The number of fused-ring (bicyclic) bond motifs is 1. The van der Waals surface area contributed by atoms with Gasteiger partial charge in [0.1, 0.15) is 0 Å². The maximum atomic E-state index is 6.01. The molecule has 0 saturated heterocycles. The number of nitrogen functional groups attached to an aromatic ring is 1. The average Bonchev–Trinajstić information content (AvgIpc) is 2.12. The van der Waals surface area contributed by atoms with Crippen LogP contribution < -0.4 is 5.73 Å². The Morgan fingerprint density at radius 1 is 1.38 bits per heavy atom. The van der Waals surface area contributed by atoms with E-state index in [4.69, 9.17) is 17.3 Å². The van der Waals surface area contributed by atoms with Crippen LogP contribution in [-0.4, -0.2) is 9.97 Å². The summed E-state index contributed by atoms with van der Waals surface area (Å²) >= 11 is 6.01. The summed E-state index contributed by atoms with van der Waals surface area (Å²) < 4.78 is 0. The Hall–Kier alpha value is -1.35. The van der Waals surface area contributed by atoms with Crippen LogP contribution in [0.1, 0.15) is 5.69 Å². The Balaban J connectivity index is 2.94. The molecule has 2 rings (SSSR count). The van der Waals surface area contributed by atoms with Crippen molar-refractivity contribution in [1.29, 1.82) is 0 Å². The molecule has 66 valence electrons. The van der Waals surface area contributed by atoms with Crippen molar-refractivity contribution in [2.24, 2.45) is 0 Å². The van der Waals surface area contributed by atoms with Gasteiger partial charge in [0.25, 0.3) is 0 Å². The van der Waals surface area contributed by atoms with Crippen LogP contribution in [0.25, 0.3) is 10.9 Å². The Kier molecular flexibility index (Phi) is 1.81. The minimum atomic E-state index is 0.500. The Bertz CT molecular complexity index is 468. The summed E-state index contributed by atoms with van der Waals surface area (Å²) in [5.41, 5.74) is 7.79. The van der Waals surface area contributed by atoms with E-state index in [2.05, 4.69) is 9.97 Å². The molecule has 2 aromatic heterocycles. The highest BCUT2D eigenvalue weighted by Gasteiger charge is 2.05. The van der Waals surface area contributed by atoms with Gasteiger partial charge < -0.3 is 5.73 Å². The van der Waals surface area contributed by atoms with Gasteiger partial charge in [-0.1, -0.05) is 11.6 Å². The molecule has 0 spiro atoms. The number of aromatic nitrogens is 2. The Labute approximate surface area is 80.6 Å². The van der Waals surface area contributed by atoms with Crippen LogP contribution in [0.15, 0.2) is 18.5 Å². The van der Waals surface area contributed by atoms with Crippen molar-refractivity contribution >= 4 is 28.2 Å². The molecule has 0 fully saturated rings. The molecule has 2 aromatic rings. The molecule has 3 nitrogen and oxygen atoms in total. The molecule has 0 aromatic carbocycles. The van der Waals surface area contributed by atoms with Crippen LogP contribution in [0.2, 0.25) is 5.02 Å². The summed E-state index contributed by atoms with van der Waals surface area (Å²) in [6.07, 6.45) is 3.25. The lowest BCUT2D eigenvalue weighted by atomic mass is 10.2. The van der Waals surface area contributed by atoms with Crippen molar-refractivity contribution in [2.75, 3.05) is 5.73 Å². The quantitative estimate of drug-likeness (QED) is 0.698. The Morgan fingerprint density at radius 2 is 2.15 bits per heavy atom. The lowest BCUT2D eigenvalue weighted by Gasteiger charge is -2.03. The monoisotopic (exact) mass is 193 g/mol. The lowest BCUT2D eigenvalue weighted by Crippen LogP contribution is -1.92. The summed E-state index contributed by atoms with van der Waals surface area (Å²) in [5, 5.41) is 1.41. The second-order valence-corrected chi connectivity index (χ2v) is 3.20. The van der Waals surface area contributed by atoms with Crippen LogP contribution in [0.3, 0.4) is 0 Å². The van der Waals surface area contributed by atoms with Crippen molar-refractivity contribution in [3.05, 3.63) is 29.2 Å². The van der Waals surface area contributed by atoms with Gasteiger partial charge in [0.2, 0.25) is 0 Å². The van der Waals surface area contributed by atoms with Gasteiger partial charge in [-0.15, -0.1) is 0 Å². The summed E-state index contributed by atoms with van der Waals surface area (Å²) in [4.78, 5) is 8.29. The molecule has 2 heterocycles. The highest BCUT2D eigenvalue weighted by Crippen LogP contribution is 2.27. The number of nitrogens with two attached hydrogens (primary N) is 1. The topological polar surface area (TPSA) is 51.8 Å². The minimum absolute atomic E-state index is 0.500. The maximum Gasteiger partial charge on any atom is 0.0930 e. The third-order valence-corrected chi connectivity index (χ3v) is 2.35. The van der Waals surface area contributed by atoms with Gasteiger partial charge in [0.05, 0.1) is 28.1 Å². The fraction of sp³-hybridized carbons (Fsp3) is 0.111. The van der Waals surface area contributed by atoms with Crippen LogP contribution in [0.4, 0.5) is 5.69 Å². The fourth-order valence-electron chi connectivity index (χ4n) is 1.24. The van der Waals surface area contributed by atoms with E-state index in [0.717, 1.165) is 16.6 Å². The fourth-order valence-corrected chi connectivity index (χ4v) is 1.45. The zero-order valence-electron chi connectivity index (χ0n) is 7.08. The van der Waals surface area contributed by atoms with Gasteiger partial charge in [-0.2, -0.15) is 0 Å². The molecule has 0 atom stereocenters. The third kappa shape index (κ3) is 1.21. The van der Waals surface area contributed by atoms with Gasteiger partial charge in [0.15, 0.2) is 0 Å². The number of hydrogen-bond donors (Lipinski definition) is 1. The van der Waals surface area contributed by atoms with Crippen LogP contribution in [-0.2, 0) is 0 Å². The van der Waals surface area contributed by atoms with E-state index in [9.17, 15) is 0 Å². The Morgan fingerprint density at radius 3 is 2.92 bits per heavy atom. The number of pyridine rings is 2. The number of aryl methyl sites for hydroxylation is 1. The van der Waals surface area contributed by atoms with Crippen LogP contribution in [0, 0.1) is 6.92 Å². The molecule has 13 heavy (non-hydrogen) atoms. The number of hydrogen-bond acceptors (Lipinski definition) is 3. The standard InChI is InChI=1S/C9H8ClN3/c1-5-9-6(2-3-12-5)8(10)7(11)4-13-9/h2-4H,11H2,1H3. The molecular weight excluding hydrogens is 186 g/mol. The highest BCUT2D eigenvalue weighted by atomic mass is 35.5. The maximum absolute atomic E-state index is 6.01. The van der Waals surface area contributed by atoms with Crippen LogP contribution >= 0.6 is 11.6 Å². The predicted molar refractivity (Wildman–Crippen MR) is 53.7 cm³/mol. The summed E-state index contributed by atoms with van der Waals surface area (Å²) in [6.45, 7) is 1.89.